The lowest BCUT2D eigenvalue weighted by molar-refractivity contribution is -0.122. The van der Waals surface area contributed by atoms with E-state index in [0.717, 1.165) is 45.7 Å². The van der Waals surface area contributed by atoms with Gasteiger partial charge in [-0.3, -0.25) is 14.8 Å². The van der Waals surface area contributed by atoms with Gasteiger partial charge < -0.3 is 14.4 Å². The first-order valence-corrected chi connectivity index (χ1v) is 12.8. The van der Waals surface area contributed by atoms with Gasteiger partial charge in [0.25, 0.3) is 6.47 Å². The van der Waals surface area contributed by atoms with Gasteiger partial charge in [0.2, 0.25) is 0 Å². The van der Waals surface area contributed by atoms with Crippen molar-refractivity contribution in [2.75, 3.05) is 6.61 Å². The van der Waals surface area contributed by atoms with Gasteiger partial charge in [-0.1, -0.05) is 32.9 Å². The molecule has 2 unspecified atom stereocenters. The zero-order chi connectivity index (χ0) is 25.7. The SMILES string of the molecule is CC.CCCOc1ccnc2ccc(-c3c(-c4cccc(C)n4)nc4n3C3CCC4C3)cc12.O=CO. The summed E-state index contributed by atoms with van der Waals surface area (Å²) in [5, 5.41) is 7.94. The van der Waals surface area contributed by atoms with Crippen molar-refractivity contribution >= 4 is 17.4 Å². The average molecular weight is 487 g/mol. The number of benzene rings is 1. The number of imidazole rings is 1. The van der Waals surface area contributed by atoms with Crippen molar-refractivity contribution in [2.45, 2.75) is 65.3 Å². The topological polar surface area (TPSA) is 90.1 Å². The van der Waals surface area contributed by atoms with Gasteiger partial charge in [-0.25, -0.2) is 4.98 Å². The first-order valence-electron chi connectivity index (χ1n) is 12.8. The Balaban J connectivity index is 0.000000569. The van der Waals surface area contributed by atoms with Gasteiger partial charge in [0.05, 0.1) is 23.5 Å². The highest BCUT2D eigenvalue weighted by Crippen LogP contribution is 2.52. The molecule has 0 saturated heterocycles. The maximum atomic E-state index is 8.36. The van der Waals surface area contributed by atoms with Crippen molar-refractivity contribution < 1.29 is 14.6 Å². The number of hydrogen-bond donors (Lipinski definition) is 1. The first-order chi connectivity index (χ1) is 17.6. The van der Waals surface area contributed by atoms with Crippen LogP contribution in [0.3, 0.4) is 0 Å². The third-order valence-electron chi connectivity index (χ3n) is 6.64. The van der Waals surface area contributed by atoms with Crippen LogP contribution in [0.2, 0.25) is 0 Å². The van der Waals surface area contributed by atoms with Crippen molar-refractivity contribution in [3.63, 3.8) is 0 Å². The van der Waals surface area contributed by atoms with E-state index in [1.54, 1.807) is 0 Å². The lowest BCUT2D eigenvalue weighted by atomic mass is 10.0. The molecule has 4 heterocycles. The van der Waals surface area contributed by atoms with Crippen molar-refractivity contribution in [3.05, 3.63) is 60.2 Å². The summed E-state index contributed by atoms with van der Waals surface area (Å²) < 4.78 is 8.54. The third-order valence-corrected chi connectivity index (χ3v) is 6.64. The molecule has 3 aromatic heterocycles. The molecule has 1 aliphatic carbocycles. The molecule has 2 aliphatic rings. The maximum absolute atomic E-state index is 8.36. The van der Waals surface area contributed by atoms with Crippen molar-refractivity contribution in [3.8, 4) is 28.4 Å². The fraction of sp³-hybridized carbons (Fsp3) is 0.379. The van der Waals surface area contributed by atoms with Crippen LogP contribution in [0.1, 0.15) is 69.9 Å². The zero-order valence-electron chi connectivity index (χ0n) is 21.4. The number of hydrogen-bond acceptors (Lipinski definition) is 5. The summed E-state index contributed by atoms with van der Waals surface area (Å²) in [4.78, 5) is 22.9. The Labute approximate surface area is 212 Å². The largest absolute Gasteiger partial charge is 0.493 e. The normalized spacial score (nSPS) is 17.0. The van der Waals surface area contributed by atoms with Crippen molar-refractivity contribution in [1.29, 1.82) is 0 Å². The Morgan fingerprint density at radius 1 is 1.14 bits per heavy atom. The minimum absolute atomic E-state index is 0.250. The van der Waals surface area contributed by atoms with Gasteiger partial charge in [-0.15, -0.1) is 0 Å². The Bertz CT molecular complexity index is 1350. The number of ether oxygens (including phenoxy) is 1. The van der Waals surface area contributed by atoms with E-state index in [-0.39, 0.29) is 6.47 Å². The molecule has 1 saturated carbocycles. The van der Waals surface area contributed by atoms with Crippen LogP contribution in [0, 0.1) is 6.92 Å². The summed E-state index contributed by atoms with van der Waals surface area (Å²) in [5.74, 6) is 2.71. The van der Waals surface area contributed by atoms with Gasteiger partial charge in [-0.2, -0.15) is 0 Å². The van der Waals surface area contributed by atoms with E-state index in [0.29, 0.717) is 18.6 Å². The molecule has 0 spiro atoms. The zero-order valence-corrected chi connectivity index (χ0v) is 21.4. The summed E-state index contributed by atoms with van der Waals surface area (Å²) in [6.45, 7) is 8.61. The Morgan fingerprint density at radius 2 is 1.94 bits per heavy atom. The second-order valence-electron chi connectivity index (χ2n) is 8.86. The number of fused-ring (bicyclic) bond motifs is 6. The van der Waals surface area contributed by atoms with Gasteiger partial charge in [0, 0.05) is 34.8 Å². The summed E-state index contributed by atoms with van der Waals surface area (Å²) in [7, 11) is 0. The minimum Gasteiger partial charge on any atom is -0.493 e. The van der Waals surface area contributed by atoms with Crippen LogP contribution in [0.15, 0.2) is 48.7 Å². The molecule has 1 fully saturated rings. The lowest BCUT2D eigenvalue weighted by Crippen LogP contribution is -2.08. The van der Waals surface area contributed by atoms with Crippen LogP contribution in [-0.2, 0) is 4.79 Å². The van der Waals surface area contributed by atoms with Gasteiger partial charge in [-0.05, 0) is 62.9 Å². The predicted octanol–water partition coefficient (Wildman–Crippen LogP) is 6.81. The molecule has 7 heteroatoms. The molecule has 0 radical (unpaired) electrons. The van der Waals surface area contributed by atoms with E-state index in [9.17, 15) is 0 Å². The molecule has 1 aromatic carbocycles. The highest BCUT2D eigenvalue weighted by atomic mass is 16.5. The molecule has 4 aromatic rings. The average Bonchev–Trinajstić information content (AvgIpc) is 3.62. The molecule has 7 nitrogen and oxygen atoms in total. The number of aromatic nitrogens is 4. The summed E-state index contributed by atoms with van der Waals surface area (Å²) in [6, 6.07) is 15.2. The quantitative estimate of drug-likeness (QED) is 0.312. The number of nitrogens with zero attached hydrogens (tertiary/aromatic N) is 4. The first kappa shape index (κ1) is 25.4. The molecule has 36 heavy (non-hydrogen) atoms. The minimum atomic E-state index is -0.250. The molecule has 2 atom stereocenters. The van der Waals surface area contributed by atoms with Gasteiger partial charge >= 0.3 is 0 Å². The highest BCUT2D eigenvalue weighted by Gasteiger charge is 2.41. The summed E-state index contributed by atoms with van der Waals surface area (Å²) in [5.41, 5.74) is 6.26. The van der Waals surface area contributed by atoms with E-state index in [1.807, 2.05) is 39.1 Å². The smallest absolute Gasteiger partial charge is 0.290 e. The number of carbonyl (C=O) groups is 1. The van der Waals surface area contributed by atoms with Crippen LogP contribution in [0.4, 0.5) is 0 Å². The number of carboxylic acid groups (broad SMARTS) is 1. The number of rotatable bonds is 5. The van der Waals surface area contributed by atoms with Crippen LogP contribution in [0.5, 0.6) is 5.75 Å². The van der Waals surface area contributed by atoms with Crippen LogP contribution in [0.25, 0.3) is 33.5 Å². The summed E-state index contributed by atoms with van der Waals surface area (Å²) >= 11 is 0. The second-order valence-corrected chi connectivity index (χ2v) is 8.86. The Kier molecular flexibility index (Phi) is 7.98. The number of pyridine rings is 2. The highest BCUT2D eigenvalue weighted by molar-refractivity contribution is 5.91. The fourth-order valence-electron chi connectivity index (χ4n) is 5.27. The third kappa shape index (κ3) is 4.70. The van der Waals surface area contributed by atoms with E-state index >= 15 is 0 Å². The molecule has 188 valence electrons. The molecule has 2 bridgehead atoms. The Morgan fingerprint density at radius 3 is 2.69 bits per heavy atom. The van der Waals surface area contributed by atoms with Crippen molar-refractivity contribution in [1.82, 2.24) is 19.5 Å². The number of aryl methyl sites for hydroxylation is 1. The van der Waals surface area contributed by atoms with E-state index in [4.69, 9.17) is 24.6 Å². The van der Waals surface area contributed by atoms with Crippen LogP contribution < -0.4 is 4.74 Å². The monoisotopic (exact) mass is 486 g/mol. The van der Waals surface area contributed by atoms with E-state index in [2.05, 4.69) is 46.8 Å². The molecule has 1 aliphatic heterocycles. The molecular weight excluding hydrogens is 452 g/mol. The fourth-order valence-corrected chi connectivity index (χ4v) is 5.27. The molecule has 0 amide bonds. The van der Waals surface area contributed by atoms with E-state index < -0.39 is 0 Å². The molecule has 1 N–H and O–H groups in total. The predicted molar refractivity (Wildman–Crippen MR) is 142 cm³/mol. The van der Waals surface area contributed by atoms with Crippen LogP contribution >= 0.6 is 0 Å². The van der Waals surface area contributed by atoms with Gasteiger partial charge in [0.1, 0.15) is 17.3 Å². The lowest BCUT2D eigenvalue weighted by Gasteiger charge is -2.18. The molecular formula is C29H34N4O3. The second kappa shape index (κ2) is 11.3. The maximum Gasteiger partial charge on any atom is 0.290 e. The standard InChI is InChI=1S/C26H26N4O.C2H6.CH2O2/c1-3-13-31-23-11-12-27-21-10-8-17(15-20(21)23)25-24(22-6-4-5-16(2)28-22)29-26-18-7-9-19(14-18)30(25)26;1-2;2-1-3/h4-6,8,10-12,15,18-19H,3,7,9,13-14H2,1-2H3;1-2H3;1H,(H,2,3). The van der Waals surface area contributed by atoms with Gasteiger partial charge in [0.15, 0.2) is 0 Å². The van der Waals surface area contributed by atoms with Crippen molar-refractivity contribution in [2.24, 2.45) is 0 Å². The molecule has 6 rings (SSSR count). The van der Waals surface area contributed by atoms with E-state index in [1.165, 1.54) is 30.8 Å². The Hall–Kier alpha value is -3.74. The summed E-state index contributed by atoms with van der Waals surface area (Å²) in [6.07, 6.45) is 6.51. The van der Waals surface area contributed by atoms with Crippen LogP contribution in [-0.4, -0.2) is 37.7 Å².